The number of hydrogen-bond donors (Lipinski definition) is 3. The maximum Gasteiger partial charge on any atom is 0.417 e. The van der Waals surface area contributed by atoms with Crippen molar-refractivity contribution in [2.24, 2.45) is 0 Å². The van der Waals surface area contributed by atoms with E-state index in [0.717, 1.165) is 13.2 Å². The van der Waals surface area contributed by atoms with Gasteiger partial charge in [-0.1, -0.05) is 0 Å². The monoisotopic (exact) mass is 742 g/mol. The molecule has 0 saturated carbocycles. The third kappa shape index (κ3) is 10.5. The Balaban J connectivity index is 0.000000352. The van der Waals surface area contributed by atoms with Crippen LogP contribution < -0.4 is 21.4 Å². The van der Waals surface area contributed by atoms with Gasteiger partial charge in [0.2, 0.25) is 16.4 Å². The molecule has 3 N–H and O–H groups in total. The molecular weight excluding hydrogens is 714 g/mol. The number of carbonyl (C=O) groups is 4. The van der Waals surface area contributed by atoms with Gasteiger partial charge in [-0.2, -0.15) is 31.0 Å². The zero-order valence-electron chi connectivity index (χ0n) is 26.3. The summed E-state index contributed by atoms with van der Waals surface area (Å²) in [5.41, 5.74) is -7.83. The van der Waals surface area contributed by atoms with Crippen molar-refractivity contribution in [1.29, 1.82) is 0 Å². The largest absolute Gasteiger partial charge is 0.465 e. The zero-order chi connectivity index (χ0) is 38.2. The van der Waals surface area contributed by atoms with Crippen molar-refractivity contribution < 1.29 is 68.1 Å². The number of anilines is 1. The second-order valence-corrected chi connectivity index (χ2v) is 11.6. The first kappa shape index (κ1) is 41.1. The predicted octanol–water partition coefficient (Wildman–Crippen LogP) is 2.71. The van der Waals surface area contributed by atoms with Gasteiger partial charge in [0.25, 0.3) is 5.56 Å². The molecule has 50 heavy (non-hydrogen) atoms. The molecule has 15 nitrogen and oxygen atoms in total. The van der Waals surface area contributed by atoms with Gasteiger partial charge in [0.1, 0.15) is 0 Å². The molecule has 0 radical (unpaired) electrons. The summed E-state index contributed by atoms with van der Waals surface area (Å²) in [6.07, 6.45) is -9.64. The van der Waals surface area contributed by atoms with E-state index >= 15 is 0 Å². The third-order valence-corrected chi connectivity index (χ3v) is 6.86. The minimum atomic E-state index is -4.93. The highest BCUT2D eigenvalue weighted by Crippen LogP contribution is 2.36. The molecule has 22 heteroatoms. The van der Waals surface area contributed by atoms with E-state index in [2.05, 4.69) is 14.2 Å². The number of halogens is 6. The summed E-state index contributed by atoms with van der Waals surface area (Å²) in [6.45, 7) is -0.211. The van der Waals surface area contributed by atoms with Gasteiger partial charge in [-0.25, -0.2) is 22.8 Å². The lowest BCUT2D eigenvalue weighted by Crippen LogP contribution is -2.43. The average molecular weight is 743 g/mol. The molecule has 1 aromatic heterocycles. The number of benzene rings is 2. The van der Waals surface area contributed by atoms with Crippen LogP contribution in [-0.2, 0) is 41.4 Å². The van der Waals surface area contributed by atoms with Crippen LogP contribution in [0, 0.1) is 0 Å². The number of alkyl halides is 6. The average Bonchev–Trinajstić information content (AvgIpc) is 3.02. The van der Waals surface area contributed by atoms with Crippen molar-refractivity contribution in [1.82, 2.24) is 9.66 Å². The standard InChI is InChI=1S/C14H14F3N3O6S.C14H14F3NO5/c1-26-4-3-11(21)7-5-8-10(6-9(7)14(15,16)17)18-13(23)20(12(8)22)19-27(2,24)25;1-22-4-3-12(20)8-5-9(13(21)23-2)11(18-7-19)6-10(8)14(15,16)17/h5-6,19H,3-4H2,1-2H3,(H,18,23);5-7H,3-4H2,1-2H3,(H,18,19). The minimum absolute atomic E-state index is 0.0714. The van der Waals surface area contributed by atoms with Crippen LogP contribution >= 0.6 is 0 Å². The van der Waals surface area contributed by atoms with Gasteiger partial charge in [-0.05, 0) is 24.3 Å². The first-order valence-corrected chi connectivity index (χ1v) is 15.5. The SMILES string of the molecule is COCCC(=O)c1cc(C(=O)OC)c(NC=O)cc1C(F)(F)F.COCCC(=O)c1cc2c(=O)n(NS(C)(=O)=O)c(=O)[nH]c2cc1C(F)(F)F. The van der Waals surface area contributed by atoms with E-state index < -0.39 is 90.0 Å². The van der Waals surface area contributed by atoms with Crippen LogP contribution in [0.15, 0.2) is 33.9 Å². The highest BCUT2D eigenvalue weighted by molar-refractivity contribution is 7.91. The zero-order valence-corrected chi connectivity index (χ0v) is 27.1. The number of methoxy groups -OCH3 is 3. The Morgan fingerprint density at radius 2 is 1.34 bits per heavy atom. The molecule has 0 spiro atoms. The molecule has 0 aliphatic rings. The number of rotatable bonds is 13. The molecule has 3 aromatic rings. The number of carbonyl (C=O) groups excluding carboxylic acids is 4. The maximum atomic E-state index is 13.3. The number of fused-ring (bicyclic) bond motifs is 1. The molecule has 274 valence electrons. The first-order chi connectivity index (χ1) is 23.1. The highest BCUT2D eigenvalue weighted by atomic mass is 32.2. The summed E-state index contributed by atoms with van der Waals surface area (Å²) >= 11 is 0. The van der Waals surface area contributed by atoms with Crippen LogP contribution in [0.5, 0.6) is 0 Å². The lowest BCUT2D eigenvalue weighted by Gasteiger charge is -2.16. The molecule has 0 atom stereocenters. The Morgan fingerprint density at radius 3 is 1.78 bits per heavy atom. The summed E-state index contributed by atoms with van der Waals surface area (Å²) < 4.78 is 116. The summed E-state index contributed by atoms with van der Waals surface area (Å²) in [7, 11) is -0.443. The lowest BCUT2D eigenvalue weighted by atomic mass is 9.97. The lowest BCUT2D eigenvalue weighted by molar-refractivity contribution is -0.138. The molecule has 0 unspecified atom stereocenters. The van der Waals surface area contributed by atoms with Crippen LogP contribution in [0.25, 0.3) is 10.9 Å². The predicted molar refractivity (Wildman–Crippen MR) is 162 cm³/mol. The number of amides is 1. The van der Waals surface area contributed by atoms with E-state index in [1.54, 1.807) is 4.83 Å². The number of esters is 1. The first-order valence-electron chi connectivity index (χ1n) is 13.6. The van der Waals surface area contributed by atoms with Crippen molar-refractivity contribution in [3.63, 3.8) is 0 Å². The van der Waals surface area contributed by atoms with Crippen LogP contribution in [0.2, 0.25) is 0 Å². The molecule has 1 heterocycles. The van der Waals surface area contributed by atoms with Gasteiger partial charge in [-0.15, -0.1) is 0 Å². The van der Waals surface area contributed by atoms with Gasteiger partial charge >= 0.3 is 24.0 Å². The van der Waals surface area contributed by atoms with Crippen molar-refractivity contribution in [2.45, 2.75) is 25.2 Å². The third-order valence-electron chi connectivity index (χ3n) is 6.35. The van der Waals surface area contributed by atoms with Gasteiger partial charge in [-0.3, -0.25) is 19.2 Å². The Hall–Kier alpha value is -5.09. The van der Waals surface area contributed by atoms with E-state index in [4.69, 9.17) is 0 Å². The van der Waals surface area contributed by atoms with E-state index in [1.807, 2.05) is 10.3 Å². The molecular formula is C28H28F6N4O11S. The number of ether oxygens (including phenoxy) is 3. The van der Waals surface area contributed by atoms with E-state index in [0.29, 0.717) is 24.5 Å². The Bertz CT molecular complexity index is 2010. The summed E-state index contributed by atoms with van der Waals surface area (Å²) in [4.78, 5) is 74.2. The van der Waals surface area contributed by atoms with Gasteiger partial charge in [0.15, 0.2) is 11.6 Å². The van der Waals surface area contributed by atoms with E-state index in [-0.39, 0.29) is 42.7 Å². The minimum Gasteiger partial charge on any atom is -0.465 e. The second kappa shape index (κ2) is 16.5. The van der Waals surface area contributed by atoms with Crippen LogP contribution in [0.3, 0.4) is 0 Å². The van der Waals surface area contributed by atoms with Crippen molar-refractivity contribution in [3.05, 3.63) is 72.9 Å². The van der Waals surface area contributed by atoms with Crippen LogP contribution in [0.4, 0.5) is 32.0 Å². The number of H-pyrrole nitrogens is 1. The molecule has 0 aliphatic carbocycles. The molecule has 0 bridgehead atoms. The number of sulfonamides is 1. The maximum absolute atomic E-state index is 13.3. The van der Waals surface area contributed by atoms with Crippen LogP contribution in [-0.4, -0.2) is 82.8 Å². The van der Waals surface area contributed by atoms with Crippen molar-refractivity contribution >= 4 is 50.6 Å². The molecule has 3 rings (SSSR count). The van der Waals surface area contributed by atoms with E-state index in [1.165, 1.54) is 14.2 Å². The molecule has 1 amide bonds. The quantitative estimate of drug-likeness (QED) is 0.100. The fourth-order valence-electron chi connectivity index (χ4n) is 4.16. The number of hydrogen-bond acceptors (Lipinski definition) is 11. The molecule has 2 aromatic carbocycles. The fourth-order valence-corrected chi connectivity index (χ4v) is 4.66. The van der Waals surface area contributed by atoms with Gasteiger partial charge in [0, 0.05) is 38.2 Å². The number of nitrogens with one attached hydrogen (secondary N) is 3. The van der Waals surface area contributed by atoms with Gasteiger partial charge < -0.3 is 24.5 Å². The summed E-state index contributed by atoms with van der Waals surface area (Å²) in [5.74, 6) is -2.76. The number of ketones is 2. The number of aromatic amines is 1. The van der Waals surface area contributed by atoms with Crippen molar-refractivity contribution in [3.8, 4) is 0 Å². The van der Waals surface area contributed by atoms with Crippen molar-refractivity contribution in [2.75, 3.05) is 50.9 Å². The normalized spacial score (nSPS) is 11.7. The second-order valence-electron chi connectivity index (χ2n) is 9.90. The van der Waals surface area contributed by atoms with Gasteiger partial charge in [0.05, 0.1) is 59.9 Å². The topological polar surface area (TPSA) is 209 Å². The Kier molecular flexibility index (Phi) is 13.6. The molecule has 0 fully saturated rings. The molecule has 0 aliphatic heterocycles. The molecule has 0 saturated heterocycles. The smallest absolute Gasteiger partial charge is 0.417 e. The number of Topliss-reactive ketones (excluding diaryl/α,β-unsaturated/α-hetero) is 2. The number of nitrogens with zero attached hydrogens (tertiary/aromatic N) is 1. The van der Waals surface area contributed by atoms with Crippen LogP contribution in [0.1, 0.15) is 55.0 Å². The Morgan fingerprint density at radius 1 is 0.840 bits per heavy atom. The summed E-state index contributed by atoms with van der Waals surface area (Å²) in [5, 5.41) is 1.52. The Labute approximate surface area is 277 Å². The highest BCUT2D eigenvalue weighted by Gasteiger charge is 2.37. The van der Waals surface area contributed by atoms with E-state index in [9.17, 15) is 63.5 Å². The number of aromatic nitrogens is 2. The summed E-state index contributed by atoms with van der Waals surface area (Å²) in [6, 6.07) is 2.43. The fraction of sp³-hybridized carbons (Fsp3) is 0.357.